The molecule has 4 rings (SSSR count). The molecular formula is C20H24N4O4. The highest BCUT2D eigenvalue weighted by Gasteiger charge is 2.44. The number of carbonyl (C=O) groups excluding carboxylic acids is 4. The van der Waals surface area contributed by atoms with Crippen LogP contribution < -0.4 is 10.6 Å². The third-order valence-electron chi connectivity index (χ3n) is 5.83. The lowest BCUT2D eigenvalue weighted by Gasteiger charge is -2.27. The quantitative estimate of drug-likeness (QED) is 0.707. The van der Waals surface area contributed by atoms with Gasteiger partial charge in [0.15, 0.2) is 0 Å². The predicted molar refractivity (Wildman–Crippen MR) is 100 cm³/mol. The number of amides is 4. The predicted octanol–water partition coefficient (Wildman–Crippen LogP) is 0.272. The Morgan fingerprint density at radius 1 is 1.11 bits per heavy atom. The fraction of sp³-hybridized carbons (Fsp3) is 0.500. The number of fused-ring (bicyclic) bond motifs is 1. The molecule has 1 aromatic rings. The number of hydrogen-bond donors (Lipinski definition) is 2. The van der Waals surface area contributed by atoms with E-state index < -0.39 is 23.8 Å². The van der Waals surface area contributed by atoms with Crippen molar-refractivity contribution >= 4 is 23.6 Å². The van der Waals surface area contributed by atoms with Gasteiger partial charge in [-0.1, -0.05) is 6.07 Å². The molecule has 0 spiro atoms. The van der Waals surface area contributed by atoms with E-state index in [9.17, 15) is 19.2 Å². The van der Waals surface area contributed by atoms with Gasteiger partial charge in [0.1, 0.15) is 6.04 Å². The number of likely N-dealkylation sites (N-methyl/N-ethyl adjacent to an activating group) is 1. The van der Waals surface area contributed by atoms with E-state index in [2.05, 4.69) is 15.5 Å². The van der Waals surface area contributed by atoms with Gasteiger partial charge >= 0.3 is 0 Å². The Morgan fingerprint density at radius 2 is 1.89 bits per heavy atom. The Kier molecular flexibility index (Phi) is 4.99. The molecule has 8 heteroatoms. The van der Waals surface area contributed by atoms with Crippen LogP contribution in [-0.2, 0) is 16.1 Å². The normalized spacial score (nSPS) is 25.4. The second-order valence-electron chi connectivity index (χ2n) is 7.65. The first-order valence-corrected chi connectivity index (χ1v) is 9.72. The van der Waals surface area contributed by atoms with Crippen molar-refractivity contribution < 1.29 is 19.2 Å². The summed E-state index contributed by atoms with van der Waals surface area (Å²) < 4.78 is 0. The summed E-state index contributed by atoms with van der Waals surface area (Å²) in [6.07, 6.45) is 2.59. The van der Waals surface area contributed by atoms with Crippen LogP contribution in [-0.4, -0.2) is 65.6 Å². The van der Waals surface area contributed by atoms with Gasteiger partial charge in [0.2, 0.25) is 11.8 Å². The van der Waals surface area contributed by atoms with E-state index in [1.54, 1.807) is 12.1 Å². The van der Waals surface area contributed by atoms with Gasteiger partial charge in [-0.05, 0) is 50.6 Å². The van der Waals surface area contributed by atoms with Gasteiger partial charge in [0.05, 0.1) is 11.1 Å². The van der Waals surface area contributed by atoms with Crippen molar-refractivity contribution in [3.05, 3.63) is 34.9 Å². The van der Waals surface area contributed by atoms with Crippen molar-refractivity contribution in [1.29, 1.82) is 0 Å². The zero-order chi connectivity index (χ0) is 19.8. The smallest absolute Gasteiger partial charge is 0.262 e. The maximum Gasteiger partial charge on any atom is 0.262 e. The van der Waals surface area contributed by atoms with Crippen LogP contribution in [0.15, 0.2) is 18.2 Å². The summed E-state index contributed by atoms with van der Waals surface area (Å²) in [5, 5.41) is 5.43. The summed E-state index contributed by atoms with van der Waals surface area (Å²) in [6.45, 7) is 2.66. The monoisotopic (exact) mass is 384 g/mol. The SMILES string of the molecule is CNCC1CCCN1Cc1ccc2c(c1)C(=O)N(C1CCC(=O)NC1=O)C2=O. The van der Waals surface area contributed by atoms with E-state index in [0.717, 1.165) is 42.9 Å². The van der Waals surface area contributed by atoms with Crippen LogP contribution in [0.4, 0.5) is 0 Å². The summed E-state index contributed by atoms with van der Waals surface area (Å²) in [5.41, 5.74) is 1.65. The standard InChI is InChI=1S/C20H24N4O4/c1-21-10-13-3-2-8-23(13)11-12-4-5-14-15(9-12)20(28)24(19(14)27)16-6-7-17(25)22-18(16)26/h4-5,9,13,16,21H,2-3,6-8,10-11H2,1H3,(H,22,25,26). The minimum Gasteiger partial charge on any atom is -0.318 e. The van der Waals surface area contributed by atoms with Gasteiger partial charge in [-0.15, -0.1) is 0 Å². The van der Waals surface area contributed by atoms with Crippen LogP contribution in [0.25, 0.3) is 0 Å². The van der Waals surface area contributed by atoms with Crippen molar-refractivity contribution in [1.82, 2.24) is 20.4 Å². The van der Waals surface area contributed by atoms with E-state index in [4.69, 9.17) is 0 Å². The maximum absolute atomic E-state index is 12.9. The average molecular weight is 384 g/mol. The average Bonchev–Trinajstić information content (AvgIpc) is 3.19. The zero-order valence-corrected chi connectivity index (χ0v) is 15.9. The number of nitrogens with zero attached hydrogens (tertiary/aromatic N) is 2. The molecule has 0 bridgehead atoms. The highest BCUT2D eigenvalue weighted by atomic mass is 16.2. The van der Waals surface area contributed by atoms with Gasteiger partial charge in [0, 0.05) is 25.6 Å². The number of benzene rings is 1. The molecule has 8 nitrogen and oxygen atoms in total. The van der Waals surface area contributed by atoms with Crippen LogP contribution >= 0.6 is 0 Å². The van der Waals surface area contributed by atoms with Crippen molar-refractivity contribution in [2.24, 2.45) is 0 Å². The molecule has 2 unspecified atom stereocenters. The van der Waals surface area contributed by atoms with Crippen molar-refractivity contribution in [2.75, 3.05) is 20.1 Å². The molecule has 3 aliphatic rings. The molecule has 0 saturated carbocycles. The molecule has 2 atom stereocenters. The molecule has 0 aromatic heterocycles. The Bertz CT molecular complexity index is 853. The summed E-state index contributed by atoms with van der Waals surface area (Å²) in [4.78, 5) is 52.6. The van der Waals surface area contributed by atoms with Crippen molar-refractivity contribution in [3.8, 4) is 0 Å². The molecule has 3 heterocycles. The number of nitrogens with one attached hydrogen (secondary N) is 2. The van der Waals surface area contributed by atoms with E-state index in [1.165, 1.54) is 0 Å². The summed E-state index contributed by atoms with van der Waals surface area (Å²) in [6, 6.07) is 4.88. The second-order valence-corrected chi connectivity index (χ2v) is 7.65. The first-order chi connectivity index (χ1) is 13.5. The first kappa shape index (κ1) is 18.8. The molecule has 0 radical (unpaired) electrons. The molecule has 148 valence electrons. The maximum atomic E-state index is 12.9. The van der Waals surface area contributed by atoms with Crippen LogP contribution in [0.2, 0.25) is 0 Å². The van der Waals surface area contributed by atoms with Crippen LogP contribution in [0, 0.1) is 0 Å². The summed E-state index contributed by atoms with van der Waals surface area (Å²) in [7, 11) is 1.94. The van der Waals surface area contributed by atoms with Crippen LogP contribution in [0.1, 0.15) is 52.0 Å². The zero-order valence-electron chi connectivity index (χ0n) is 15.9. The number of carbonyl (C=O) groups is 4. The molecule has 2 N–H and O–H groups in total. The Balaban J connectivity index is 1.54. The Labute approximate surface area is 163 Å². The third kappa shape index (κ3) is 3.22. The molecule has 0 aliphatic carbocycles. The van der Waals surface area contributed by atoms with Crippen molar-refractivity contribution in [3.63, 3.8) is 0 Å². The van der Waals surface area contributed by atoms with Gasteiger partial charge in [-0.3, -0.25) is 34.3 Å². The first-order valence-electron chi connectivity index (χ1n) is 9.72. The van der Waals surface area contributed by atoms with E-state index in [-0.39, 0.29) is 18.7 Å². The second kappa shape index (κ2) is 7.44. The van der Waals surface area contributed by atoms with E-state index in [0.29, 0.717) is 17.2 Å². The van der Waals surface area contributed by atoms with Gasteiger partial charge in [0.25, 0.3) is 11.8 Å². The summed E-state index contributed by atoms with van der Waals surface area (Å²) in [5.74, 6) is -1.88. The molecule has 3 aliphatic heterocycles. The number of hydrogen-bond acceptors (Lipinski definition) is 6. The molecular weight excluding hydrogens is 360 g/mol. The lowest BCUT2D eigenvalue weighted by molar-refractivity contribution is -0.136. The fourth-order valence-corrected chi connectivity index (χ4v) is 4.42. The Hall–Kier alpha value is -2.58. The summed E-state index contributed by atoms with van der Waals surface area (Å²) >= 11 is 0. The lowest BCUT2D eigenvalue weighted by atomic mass is 10.0. The number of piperidine rings is 1. The fourth-order valence-electron chi connectivity index (χ4n) is 4.42. The molecule has 1 aromatic carbocycles. The minimum atomic E-state index is -0.924. The molecule has 2 fully saturated rings. The highest BCUT2D eigenvalue weighted by molar-refractivity contribution is 6.23. The Morgan fingerprint density at radius 3 is 2.64 bits per heavy atom. The van der Waals surface area contributed by atoms with Crippen LogP contribution in [0.3, 0.4) is 0 Å². The largest absolute Gasteiger partial charge is 0.318 e. The van der Waals surface area contributed by atoms with Gasteiger partial charge < -0.3 is 5.32 Å². The van der Waals surface area contributed by atoms with Crippen LogP contribution in [0.5, 0.6) is 0 Å². The topological polar surface area (TPSA) is 98.8 Å². The number of rotatable bonds is 5. The van der Waals surface area contributed by atoms with E-state index >= 15 is 0 Å². The van der Waals surface area contributed by atoms with Crippen molar-refractivity contribution in [2.45, 2.75) is 44.3 Å². The lowest BCUT2D eigenvalue weighted by Crippen LogP contribution is -2.54. The molecule has 4 amide bonds. The van der Waals surface area contributed by atoms with Gasteiger partial charge in [-0.25, -0.2) is 0 Å². The number of imide groups is 2. The van der Waals surface area contributed by atoms with E-state index in [1.807, 2.05) is 13.1 Å². The molecule has 2 saturated heterocycles. The minimum absolute atomic E-state index is 0.122. The van der Waals surface area contributed by atoms with Gasteiger partial charge in [-0.2, -0.15) is 0 Å². The molecule has 28 heavy (non-hydrogen) atoms. The third-order valence-corrected chi connectivity index (χ3v) is 5.83. The number of likely N-dealkylation sites (tertiary alicyclic amines) is 1. The highest BCUT2D eigenvalue weighted by Crippen LogP contribution is 2.29.